The van der Waals surface area contributed by atoms with E-state index in [1.54, 1.807) is 0 Å². The van der Waals surface area contributed by atoms with Crippen LogP contribution in [0.25, 0.3) is 0 Å². The lowest BCUT2D eigenvalue weighted by atomic mass is 10.1. The van der Waals surface area contributed by atoms with Crippen LogP contribution in [0.1, 0.15) is 19.8 Å². The molecule has 0 rings (SSSR count). The van der Waals surface area contributed by atoms with E-state index in [0.717, 1.165) is 6.92 Å². The lowest BCUT2D eigenvalue weighted by Gasteiger charge is -2.18. The zero-order valence-corrected chi connectivity index (χ0v) is 10.1. The third-order valence-corrected chi connectivity index (χ3v) is 2.23. The summed E-state index contributed by atoms with van der Waals surface area (Å²) in [5.74, 6) is -3.63. The minimum absolute atomic E-state index is 0.458. The Hall–Kier alpha value is -1.96. The Morgan fingerprint density at radius 3 is 1.78 bits per heavy atom. The van der Waals surface area contributed by atoms with Crippen molar-refractivity contribution in [2.75, 3.05) is 7.05 Å². The number of ketones is 1. The van der Waals surface area contributed by atoms with Gasteiger partial charge in [-0.15, -0.1) is 0 Å². The molecule has 0 spiro atoms. The smallest absolute Gasteiger partial charge is 0.305 e. The van der Waals surface area contributed by atoms with Crippen molar-refractivity contribution in [1.82, 2.24) is 10.6 Å². The van der Waals surface area contributed by atoms with Crippen molar-refractivity contribution < 1.29 is 29.4 Å². The fraction of sp³-hybridized carbons (Fsp3) is 0.600. The fourth-order valence-corrected chi connectivity index (χ4v) is 1.24. The Morgan fingerprint density at radius 1 is 1.00 bits per heavy atom. The van der Waals surface area contributed by atoms with Crippen LogP contribution >= 0.6 is 0 Å². The quantitative estimate of drug-likeness (QED) is 0.421. The van der Waals surface area contributed by atoms with Gasteiger partial charge in [-0.25, -0.2) is 0 Å². The van der Waals surface area contributed by atoms with Gasteiger partial charge in [-0.2, -0.15) is 0 Å². The maximum Gasteiger partial charge on any atom is 0.305 e. The molecular formula is C10H16N2O6. The van der Waals surface area contributed by atoms with Crippen molar-refractivity contribution in [3.63, 3.8) is 0 Å². The molecule has 8 nitrogen and oxygen atoms in total. The fourth-order valence-electron chi connectivity index (χ4n) is 1.24. The molecule has 2 unspecified atom stereocenters. The molecule has 0 aromatic rings. The van der Waals surface area contributed by atoms with Crippen LogP contribution in [0.15, 0.2) is 0 Å². The van der Waals surface area contributed by atoms with Crippen molar-refractivity contribution in [3.8, 4) is 0 Å². The topological polar surface area (TPSA) is 133 Å². The average Bonchev–Trinajstić information content (AvgIpc) is 2.23. The van der Waals surface area contributed by atoms with Gasteiger partial charge in [0.2, 0.25) is 5.91 Å². The number of aliphatic carboxylic acids is 2. The summed E-state index contributed by atoms with van der Waals surface area (Å²) in [4.78, 5) is 43.7. The summed E-state index contributed by atoms with van der Waals surface area (Å²) in [5.41, 5.74) is 0. The Bertz CT molecular complexity index is 354. The molecule has 18 heavy (non-hydrogen) atoms. The molecule has 8 heteroatoms. The molecule has 0 fully saturated rings. The number of carbonyl (C=O) groups is 4. The number of Topliss-reactive ketones (excluding diaryl/α,β-unsaturated/α-hetero) is 1. The van der Waals surface area contributed by atoms with E-state index in [4.69, 9.17) is 10.2 Å². The molecule has 0 aliphatic heterocycles. The molecule has 0 aromatic heterocycles. The number of hydrogen-bond donors (Lipinski definition) is 4. The van der Waals surface area contributed by atoms with Crippen LogP contribution in [0.5, 0.6) is 0 Å². The molecule has 4 N–H and O–H groups in total. The van der Waals surface area contributed by atoms with Gasteiger partial charge >= 0.3 is 11.9 Å². The highest BCUT2D eigenvalue weighted by atomic mass is 16.4. The Balaban J connectivity index is 4.60. The monoisotopic (exact) mass is 260 g/mol. The average molecular weight is 260 g/mol. The summed E-state index contributed by atoms with van der Waals surface area (Å²) in [7, 11) is 1.40. The number of likely N-dealkylation sites (N-methyl/N-ethyl adjacent to an activating group) is 1. The van der Waals surface area contributed by atoms with Crippen LogP contribution < -0.4 is 10.6 Å². The van der Waals surface area contributed by atoms with Gasteiger partial charge in [0.25, 0.3) is 0 Å². The zero-order chi connectivity index (χ0) is 14.3. The van der Waals surface area contributed by atoms with Crippen molar-refractivity contribution in [2.45, 2.75) is 31.8 Å². The van der Waals surface area contributed by atoms with Gasteiger partial charge in [-0.05, 0) is 14.0 Å². The predicted molar refractivity (Wildman–Crippen MR) is 60.0 cm³/mol. The van der Waals surface area contributed by atoms with Crippen LogP contribution in [-0.4, -0.2) is 53.0 Å². The summed E-state index contributed by atoms with van der Waals surface area (Å²) < 4.78 is 0. The van der Waals surface area contributed by atoms with Crippen LogP contribution in [0.4, 0.5) is 0 Å². The molecule has 0 aliphatic rings. The first kappa shape index (κ1) is 16.0. The highest BCUT2D eigenvalue weighted by Gasteiger charge is 2.25. The number of carboxylic acids is 2. The van der Waals surface area contributed by atoms with Crippen molar-refractivity contribution in [1.29, 1.82) is 0 Å². The molecule has 0 aromatic carbocycles. The van der Waals surface area contributed by atoms with Crippen molar-refractivity contribution >= 4 is 23.6 Å². The summed E-state index contributed by atoms with van der Waals surface area (Å²) in [6, 6.07) is -2.17. The number of nitrogens with one attached hydrogen (secondary N) is 2. The first-order chi connectivity index (χ1) is 8.27. The van der Waals surface area contributed by atoms with E-state index in [9.17, 15) is 19.2 Å². The van der Waals surface area contributed by atoms with Crippen molar-refractivity contribution in [2.24, 2.45) is 0 Å². The zero-order valence-electron chi connectivity index (χ0n) is 10.1. The molecule has 1 amide bonds. The second-order valence-corrected chi connectivity index (χ2v) is 3.71. The van der Waals surface area contributed by atoms with E-state index in [-0.39, 0.29) is 0 Å². The third-order valence-electron chi connectivity index (χ3n) is 2.23. The van der Waals surface area contributed by atoms with Gasteiger partial charge < -0.3 is 20.8 Å². The molecule has 102 valence electrons. The first-order valence-electron chi connectivity index (χ1n) is 5.19. The minimum Gasteiger partial charge on any atom is -0.481 e. The third kappa shape index (κ3) is 5.94. The standard InChI is InChI=1S/C10H16N2O6/c1-5(13)6(3-8(14)15)12-10(18)7(11-2)4-9(16)17/h6-7,11H,3-4H2,1-2H3,(H,12,18)(H,14,15)(H,16,17). The number of carbonyl (C=O) groups excluding carboxylic acids is 2. The summed E-state index contributed by atoms with van der Waals surface area (Å²) >= 11 is 0. The Kier molecular flexibility index (Phi) is 6.58. The molecular weight excluding hydrogens is 244 g/mol. The second-order valence-electron chi connectivity index (χ2n) is 3.71. The number of hydrogen-bond acceptors (Lipinski definition) is 5. The lowest BCUT2D eigenvalue weighted by Crippen LogP contribution is -2.50. The van der Waals surface area contributed by atoms with E-state index in [1.807, 2.05) is 0 Å². The molecule has 0 saturated carbocycles. The molecule has 0 aliphatic carbocycles. The predicted octanol–water partition coefficient (Wildman–Crippen LogP) is -1.40. The Morgan fingerprint density at radius 2 is 1.44 bits per heavy atom. The highest BCUT2D eigenvalue weighted by Crippen LogP contribution is 1.98. The lowest BCUT2D eigenvalue weighted by molar-refractivity contribution is -0.142. The van der Waals surface area contributed by atoms with Gasteiger partial charge in [0.1, 0.15) is 0 Å². The second kappa shape index (κ2) is 7.38. The van der Waals surface area contributed by atoms with E-state index >= 15 is 0 Å². The molecule has 0 saturated heterocycles. The van der Waals surface area contributed by atoms with Gasteiger partial charge in [0, 0.05) is 0 Å². The van der Waals surface area contributed by atoms with E-state index in [2.05, 4.69) is 10.6 Å². The number of rotatable bonds is 8. The number of amides is 1. The van der Waals surface area contributed by atoms with Crippen LogP contribution in [0.2, 0.25) is 0 Å². The largest absolute Gasteiger partial charge is 0.481 e. The molecule has 0 bridgehead atoms. The van der Waals surface area contributed by atoms with Gasteiger partial charge in [0.15, 0.2) is 5.78 Å². The summed E-state index contributed by atoms with van der Waals surface area (Å²) in [5, 5.41) is 21.8. The van der Waals surface area contributed by atoms with Crippen molar-refractivity contribution in [3.05, 3.63) is 0 Å². The number of carboxylic acid groups (broad SMARTS) is 2. The van der Waals surface area contributed by atoms with E-state index in [0.29, 0.717) is 0 Å². The first-order valence-corrected chi connectivity index (χ1v) is 5.19. The van der Waals surface area contributed by atoms with Crippen LogP contribution in [0, 0.1) is 0 Å². The maximum atomic E-state index is 11.6. The van der Waals surface area contributed by atoms with Gasteiger partial charge in [-0.3, -0.25) is 19.2 Å². The SMILES string of the molecule is CNC(CC(=O)O)C(=O)NC(CC(=O)O)C(C)=O. The maximum absolute atomic E-state index is 11.6. The van der Waals surface area contributed by atoms with Gasteiger partial charge in [0.05, 0.1) is 24.9 Å². The highest BCUT2D eigenvalue weighted by molar-refractivity contribution is 5.93. The molecule has 0 radical (unpaired) electrons. The molecule has 0 heterocycles. The van der Waals surface area contributed by atoms with Crippen LogP contribution in [-0.2, 0) is 19.2 Å². The van der Waals surface area contributed by atoms with Gasteiger partial charge in [-0.1, -0.05) is 0 Å². The Labute approximate surface area is 103 Å². The van der Waals surface area contributed by atoms with Crippen LogP contribution in [0.3, 0.4) is 0 Å². The summed E-state index contributed by atoms with van der Waals surface area (Å²) in [6.07, 6.45) is -0.995. The normalized spacial score (nSPS) is 13.4. The minimum atomic E-state index is -1.23. The van der Waals surface area contributed by atoms with E-state index < -0.39 is 48.6 Å². The summed E-state index contributed by atoms with van der Waals surface area (Å²) in [6.45, 7) is 1.15. The molecule has 2 atom stereocenters. The van der Waals surface area contributed by atoms with E-state index in [1.165, 1.54) is 7.05 Å².